The van der Waals surface area contributed by atoms with E-state index in [0.717, 1.165) is 25.0 Å². The Morgan fingerprint density at radius 2 is 1.46 bits per heavy atom. The molecule has 0 aromatic heterocycles. The number of phenols is 1. The van der Waals surface area contributed by atoms with Crippen LogP contribution in [0.3, 0.4) is 0 Å². The number of carbonyl (C=O) groups excluding carboxylic acids is 2. The number of nitrogens with zero attached hydrogens (tertiary/aromatic N) is 2. The number of hydrogen-bond acceptors (Lipinski definition) is 5. The van der Waals surface area contributed by atoms with E-state index in [1.54, 1.807) is 41.3 Å². The molecule has 0 aliphatic carbocycles. The molecular formula is C27H37N3O5. The van der Waals surface area contributed by atoms with Gasteiger partial charge in [0.05, 0.1) is 18.8 Å². The molecule has 2 aromatic rings. The lowest BCUT2D eigenvalue weighted by Gasteiger charge is -2.31. The van der Waals surface area contributed by atoms with E-state index in [0.29, 0.717) is 24.5 Å². The van der Waals surface area contributed by atoms with Crippen molar-refractivity contribution in [3.63, 3.8) is 0 Å². The van der Waals surface area contributed by atoms with Crippen molar-refractivity contribution < 1.29 is 24.2 Å². The van der Waals surface area contributed by atoms with Gasteiger partial charge in [-0.1, -0.05) is 0 Å². The van der Waals surface area contributed by atoms with Gasteiger partial charge in [0, 0.05) is 30.6 Å². The number of amidine groups is 1. The van der Waals surface area contributed by atoms with Gasteiger partial charge in [0.15, 0.2) is 0 Å². The molecule has 0 saturated carbocycles. The maximum atomic E-state index is 12.8. The second-order valence-electron chi connectivity index (χ2n) is 8.88. The van der Waals surface area contributed by atoms with Gasteiger partial charge in [-0.3, -0.25) is 9.59 Å². The molecular weight excluding hydrogens is 446 g/mol. The molecule has 0 fully saturated rings. The van der Waals surface area contributed by atoms with E-state index in [4.69, 9.17) is 15.2 Å². The van der Waals surface area contributed by atoms with Crippen molar-refractivity contribution in [1.29, 1.82) is 0 Å². The predicted octanol–water partition coefficient (Wildman–Crippen LogP) is 4.53. The molecule has 0 spiro atoms. The Hall–Kier alpha value is -3.55. The van der Waals surface area contributed by atoms with Crippen molar-refractivity contribution in [2.24, 2.45) is 10.7 Å². The van der Waals surface area contributed by atoms with Gasteiger partial charge >= 0.3 is 0 Å². The van der Waals surface area contributed by atoms with Crippen LogP contribution in [0.4, 0.5) is 0 Å². The van der Waals surface area contributed by atoms with Crippen LogP contribution in [-0.4, -0.2) is 53.0 Å². The minimum atomic E-state index is -0.338. The zero-order chi connectivity index (χ0) is 26.0. The molecule has 2 aromatic carbocycles. The molecule has 0 radical (unpaired) electrons. The first kappa shape index (κ1) is 27.7. The van der Waals surface area contributed by atoms with Gasteiger partial charge in [-0.15, -0.1) is 0 Å². The second-order valence-corrected chi connectivity index (χ2v) is 8.88. The number of carbonyl (C=O) groups is 2. The topological polar surface area (TPSA) is 114 Å². The minimum Gasteiger partial charge on any atom is -0.507 e. The molecule has 0 bridgehead atoms. The van der Waals surface area contributed by atoms with E-state index < -0.39 is 0 Å². The monoisotopic (exact) mass is 483 g/mol. The summed E-state index contributed by atoms with van der Waals surface area (Å²) in [6.07, 6.45) is 2.60. The van der Waals surface area contributed by atoms with Crippen LogP contribution in [0.5, 0.6) is 17.2 Å². The van der Waals surface area contributed by atoms with Gasteiger partial charge in [-0.2, -0.15) is 4.99 Å². The van der Waals surface area contributed by atoms with Gasteiger partial charge in [0.2, 0.25) is 5.91 Å². The Morgan fingerprint density at radius 1 is 0.914 bits per heavy atom. The van der Waals surface area contributed by atoms with Crippen LogP contribution in [0.15, 0.2) is 47.5 Å². The fourth-order valence-corrected chi connectivity index (χ4v) is 3.70. The zero-order valence-corrected chi connectivity index (χ0v) is 21.3. The van der Waals surface area contributed by atoms with Crippen molar-refractivity contribution >= 4 is 17.6 Å². The summed E-state index contributed by atoms with van der Waals surface area (Å²) in [6, 6.07) is 12.0. The molecule has 2 amide bonds. The quantitative estimate of drug-likeness (QED) is 0.260. The summed E-state index contributed by atoms with van der Waals surface area (Å²) < 4.78 is 11.5. The highest BCUT2D eigenvalue weighted by Gasteiger charge is 2.24. The lowest BCUT2D eigenvalue weighted by atomic mass is 10.1. The Labute approximate surface area is 207 Å². The number of aliphatic imine (C=N–C) groups is 1. The third kappa shape index (κ3) is 8.63. The van der Waals surface area contributed by atoms with Crippen molar-refractivity contribution in [3.8, 4) is 17.2 Å². The van der Waals surface area contributed by atoms with Crippen LogP contribution in [-0.2, 0) is 4.79 Å². The first-order chi connectivity index (χ1) is 16.6. The highest BCUT2D eigenvalue weighted by Crippen LogP contribution is 2.26. The van der Waals surface area contributed by atoms with Crippen molar-refractivity contribution in [2.75, 3.05) is 13.2 Å². The lowest BCUT2D eigenvalue weighted by molar-refractivity contribution is -0.115. The maximum Gasteiger partial charge on any atom is 0.258 e. The predicted molar refractivity (Wildman–Crippen MR) is 137 cm³/mol. The summed E-state index contributed by atoms with van der Waals surface area (Å²) in [6.45, 7) is 10.2. The molecule has 0 saturated heterocycles. The highest BCUT2D eigenvalue weighted by molar-refractivity contribution is 6.03. The standard InChI is InChI=1S/C27H37N3O5/c1-18(2)30(19(3)4)27(33)24-14-13-23(17-25(24)32)35-16-8-6-7-15-34-22-11-9-21(10-12-22)26(28)29-20(5)31/h9-14,17-19,32H,6-8,15-16H2,1-5H3,(H2,28,29,31). The van der Waals surface area contributed by atoms with Crippen LogP contribution in [0.25, 0.3) is 0 Å². The van der Waals surface area contributed by atoms with Gasteiger partial charge in [-0.25, -0.2) is 0 Å². The van der Waals surface area contributed by atoms with E-state index in [1.165, 1.54) is 13.0 Å². The number of ether oxygens (including phenoxy) is 2. The molecule has 0 heterocycles. The first-order valence-electron chi connectivity index (χ1n) is 12.0. The van der Waals surface area contributed by atoms with Gasteiger partial charge in [-0.05, 0) is 83.4 Å². The van der Waals surface area contributed by atoms with E-state index in [1.807, 2.05) is 27.7 Å². The number of phenolic OH excluding ortho intramolecular Hbond substituents is 1. The fourth-order valence-electron chi connectivity index (χ4n) is 3.70. The molecule has 0 aliphatic rings. The molecule has 0 unspecified atom stereocenters. The molecule has 8 nitrogen and oxygen atoms in total. The molecule has 35 heavy (non-hydrogen) atoms. The van der Waals surface area contributed by atoms with Crippen LogP contribution in [0.1, 0.15) is 69.8 Å². The molecule has 2 rings (SSSR count). The van der Waals surface area contributed by atoms with E-state index in [-0.39, 0.29) is 41.0 Å². The molecule has 8 heteroatoms. The fraction of sp³-hybridized carbons (Fsp3) is 0.444. The summed E-state index contributed by atoms with van der Waals surface area (Å²) in [5, 5.41) is 10.4. The Bertz CT molecular complexity index is 1010. The van der Waals surface area contributed by atoms with Crippen LogP contribution >= 0.6 is 0 Å². The highest BCUT2D eigenvalue weighted by atomic mass is 16.5. The van der Waals surface area contributed by atoms with Crippen molar-refractivity contribution in [1.82, 2.24) is 4.90 Å². The number of hydrogen-bond donors (Lipinski definition) is 2. The lowest BCUT2D eigenvalue weighted by Crippen LogP contribution is -2.42. The molecule has 0 atom stereocenters. The summed E-state index contributed by atoms with van der Waals surface area (Å²) in [5.41, 5.74) is 6.71. The van der Waals surface area contributed by atoms with Gasteiger partial charge in [0.1, 0.15) is 23.1 Å². The smallest absolute Gasteiger partial charge is 0.258 e. The Kier molecular flexibility index (Phi) is 10.6. The third-order valence-electron chi connectivity index (χ3n) is 5.30. The van der Waals surface area contributed by atoms with Crippen LogP contribution in [0, 0.1) is 0 Å². The van der Waals surface area contributed by atoms with Gasteiger partial charge in [0.25, 0.3) is 5.91 Å². The number of benzene rings is 2. The van der Waals surface area contributed by atoms with E-state index in [2.05, 4.69) is 4.99 Å². The van der Waals surface area contributed by atoms with Crippen LogP contribution in [0.2, 0.25) is 0 Å². The second kappa shape index (κ2) is 13.4. The largest absolute Gasteiger partial charge is 0.507 e. The third-order valence-corrected chi connectivity index (χ3v) is 5.30. The van der Waals surface area contributed by atoms with Crippen molar-refractivity contribution in [3.05, 3.63) is 53.6 Å². The average Bonchev–Trinajstić information content (AvgIpc) is 2.77. The Morgan fingerprint density at radius 3 is 1.97 bits per heavy atom. The number of aromatic hydroxyl groups is 1. The summed E-state index contributed by atoms with van der Waals surface area (Å²) in [4.78, 5) is 29.3. The van der Waals surface area contributed by atoms with Gasteiger partial charge < -0.3 is 25.2 Å². The normalized spacial score (nSPS) is 11.6. The molecule has 0 aliphatic heterocycles. The summed E-state index contributed by atoms with van der Waals surface area (Å²) in [5.74, 6) is 0.832. The average molecular weight is 484 g/mol. The number of unbranched alkanes of at least 4 members (excludes halogenated alkanes) is 2. The van der Waals surface area contributed by atoms with Crippen LogP contribution < -0.4 is 15.2 Å². The Balaban J connectivity index is 1.72. The first-order valence-corrected chi connectivity index (χ1v) is 12.0. The zero-order valence-electron chi connectivity index (χ0n) is 21.3. The number of amides is 2. The number of rotatable bonds is 12. The number of nitrogens with two attached hydrogens (primary N) is 1. The van der Waals surface area contributed by atoms with Crippen molar-refractivity contribution in [2.45, 2.75) is 66.0 Å². The van der Waals surface area contributed by atoms with E-state index in [9.17, 15) is 14.7 Å². The molecule has 3 N–H and O–H groups in total. The SMILES string of the molecule is CC(=O)/N=C(\N)c1ccc(OCCCCCOc2ccc(C(=O)N(C(C)C)C(C)C)c(O)c2)cc1. The maximum absolute atomic E-state index is 12.8. The summed E-state index contributed by atoms with van der Waals surface area (Å²) in [7, 11) is 0. The summed E-state index contributed by atoms with van der Waals surface area (Å²) >= 11 is 0. The minimum absolute atomic E-state index is 0.0344. The van der Waals surface area contributed by atoms with E-state index >= 15 is 0 Å². The molecule has 190 valence electrons.